The molecule has 0 saturated carbocycles. The topological polar surface area (TPSA) is 60.5 Å². The second kappa shape index (κ2) is 6.33. The van der Waals surface area contributed by atoms with Crippen LogP contribution in [0.2, 0.25) is 0 Å². The Hall–Kier alpha value is -2.86. The maximum absolute atomic E-state index is 12.0. The molecule has 0 unspecified atom stereocenters. The summed E-state index contributed by atoms with van der Waals surface area (Å²) in [5.41, 5.74) is 1.84. The highest BCUT2D eigenvalue weighted by Crippen LogP contribution is 2.32. The summed E-state index contributed by atoms with van der Waals surface area (Å²) >= 11 is 1.59. The monoisotopic (exact) mass is 338 g/mol. The Morgan fingerprint density at radius 3 is 3.00 bits per heavy atom. The van der Waals surface area contributed by atoms with E-state index in [9.17, 15) is 4.79 Å². The second-order valence-corrected chi connectivity index (χ2v) is 6.35. The number of para-hydroxylation sites is 1. The minimum absolute atomic E-state index is 0.160. The predicted molar refractivity (Wildman–Crippen MR) is 93.1 cm³/mol. The molecule has 0 aliphatic carbocycles. The number of benzene rings is 2. The van der Waals surface area contributed by atoms with Crippen molar-refractivity contribution < 1.29 is 14.3 Å². The van der Waals surface area contributed by atoms with E-state index >= 15 is 0 Å². The Balaban J connectivity index is 1.37. The number of hydrogen-bond donors (Lipinski definition) is 1. The van der Waals surface area contributed by atoms with Gasteiger partial charge in [0.05, 0.1) is 16.8 Å². The van der Waals surface area contributed by atoms with Gasteiger partial charge in [-0.15, -0.1) is 11.3 Å². The summed E-state index contributed by atoms with van der Waals surface area (Å²) in [7, 11) is 0. The molecule has 5 nitrogen and oxygen atoms in total. The van der Waals surface area contributed by atoms with Gasteiger partial charge in [0.15, 0.2) is 11.5 Å². The first-order valence-corrected chi connectivity index (χ1v) is 8.29. The number of hydrogen-bond acceptors (Lipinski definition) is 5. The molecule has 0 radical (unpaired) electrons. The zero-order valence-electron chi connectivity index (χ0n) is 12.7. The first-order chi connectivity index (χ1) is 11.8. The molecule has 24 heavy (non-hydrogen) atoms. The third kappa shape index (κ3) is 3.09. The maximum atomic E-state index is 12.0. The molecule has 1 aliphatic heterocycles. The van der Waals surface area contributed by atoms with Crippen molar-refractivity contribution in [2.24, 2.45) is 0 Å². The molecule has 2 aromatic carbocycles. The van der Waals surface area contributed by atoms with Crippen LogP contribution in [-0.4, -0.2) is 17.7 Å². The van der Waals surface area contributed by atoms with E-state index in [4.69, 9.17) is 9.47 Å². The standard InChI is InChI=1S/C18H14N2O3S/c21-17(8-6-12-5-7-14-15(9-12)23-11-22-14)19-10-18-20-13-3-1-2-4-16(13)24-18/h1-9H,10-11H2,(H,19,21)/b8-6+. The van der Waals surface area contributed by atoms with E-state index in [2.05, 4.69) is 10.3 Å². The maximum Gasteiger partial charge on any atom is 0.244 e. The first-order valence-electron chi connectivity index (χ1n) is 7.48. The van der Waals surface area contributed by atoms with E-state index < -0.39 is 0 Å². The molecule has 3 aromatic rings. The lowest BCUT2D eigenvalue weighted by Gasteiger charge is -1.99. The minimum atomic E-state index is -0.160. The van der Waals surface area contributed by atoms with E-state index in [0.29, 0.717) is 12.3 Å². The molecule has 0 atom stereocenters. The zero-order valence-corrected chi connectivity index (χ0v) is 13.5. The van der Waals surface area contributed by atoms with Crippen molar-refractivity contribution in [3.63, 3.8) is 0 Å². The molecule has 1 N–H and O–H groups in total. The van der Waals surface area contributed by atoms with Gasteiger partial charge in [0.1, 0.15) is 5.01 Å². The lowest BCUT2D eigenvalue weighted by molar-refractivity contribution is -0.116. The largest absolute Gasteiger partial charge is 0.454 e. The predicted octanol–water partition coefficient (Wildman–Crippen LogP) is 3.35. The van der Waals surface area contributed by atoms with Gasteiger partial charge >= 0.3 is 0 Å². The van der Waals surface area contributed by atoms with Gasteiger partial charge in [-0.05, 0) is 35.9 Å². The Kier molecular flexibility index (Phi) is 3.88. The summed E-state index contributed by atoms with van der Waals surface area (Å²) < 4.78 is 11.7. The first kappa shape index (κ1) is 14.7. The third-order valence-electron chi connectivity index (χ3n) is 3.58. The number of ether oxygens (including phenoxy) is 2. The summed E-state index contributed by atoms with van der Waals surface area (Å²) in [4.78, 5) is 16.5. The molecular formula is C18H14N2O3S. The summed E-state index contributed by atoms with van der Waals surface area (Å²) in [6, 6.07) is 13.5. The summed E-state index contributed by atoms with van der Waals surface area (Å²) in [6.45, 7) is 0.662. The van der Waals surface area contributed by atoms with Gasteiger partial charge in [0, 0.05) is 6.08 Å². The number of carbonyl (C=O) groups excluding carboxylic acids is 1. The van der Waals surface area contributed by atoms with Crippen molar-refractivity contribution in [2.75, 3.05) is 6.79 Å². The van der Waals surface area contributed by atoms with E-state index in [0.717, 1.165) is 26.5 Å². The van der Waals surface area contributed by atoms with Crippen molar-refractivity contribution in [3.05, 3.63) is 59.1 Å². The average molecular weight is 338 g/mol. The van der Waals surface area contributed by atoms with Crippen LogP contribution in [0.3, 0.4) is 0 Å². The molecule has 1 aromatic heterocycles. The van der Waals surface area contributed by atoms with Crippen LogP contribution in [0.5, 0.6) is 11.5 Å². The van der Waals surface area contributed by atoms with Gasteiger partial charge in [-0.25, -0.2) is 4.98 Å². The molecule has 0 spiro atoms. The van der Waals surface area contributed by atoms with Gasteiger partial charge in [-0.1, -0.05) is 18.2 Å². The Bertz CT molecular complexity index is 900. The summed E-state index contributed by atoms with van der Waals surface area (Å²) in [5, 5.41) is 3.74. The van der Waals surface area contributed by atoms with Crippen molar-refractivity contribution >= 4 is 33.5 Å². The summed E-state index contributed by atoms with van der Waals surface area (Å²) in [5.74, 6) is 1.27. The van der Waals surface area contributed by atoms with E-state index in [-0.39, 0.29) is 12.7 Å². The molecule has 2 heterocycles. The van der Waals surface area contributed by atoms with Gasteiger partial charge in [0.2, 0.25) is 12.7 Å². The minimum Gasteiger partial charge on any atom is -0.454 e. The van der Waals surface area contributed by atoms with E-state index in [1.165, 1.54) is 6.08 Å². The number of nitrogens with zero attached hydrogens (tertiary/aromatic N) is 1. The molecule has 4 rings (SSSR count). The van der Waals surface area contributed by atoms with Crippen molar-refractivity contribution in [1.82, 2.24) is 10.3 Å². The lowest BCUT2D eigenvalue weighted by atomic mass is 10.2. The number of amides is 1. The fraction of sp³-hybridized carbons (Fsp3) is 0.111. The fourth-order valence-electron chi connectivity index (χ4n) is 2.41. The molecule has 0 saturated heterocycles. The smallest absolute Gasteiger partial charge is 0.244 e. The third-order valence-corrected chi connectivity index (χ3v) is 4.61. The fourth-order valence-corrected chi connectivity index (χ4v) is 3.31. The summed E-state index contributed by atoms with van der Waals surface area (Å²) in [6.07, 6.45) is 3.25. The molecule has 0 bridgehead atoms. The van der Waals surface area contributed by atoms with Crippen LogP contribution in [-0.2, 0) is 11.3 Å². The normalized spacial score (nSPS) is 12.8. The van der Waals surface area contributed by atoms with Crippen LogP contribution in [0.4, 0.5) is 0 Å². The van der Waals surface area contributed by atoms with Crippen molar-refractivity contribution in [2.45, 2.75) is 6.54 Å². The van der Waals surface area contributed by atoms with Gasteiger partial charge < -0.3 is 14.8 Å². The van der Waals surface area contributed by atoms with Crippen molar-refractivity contribution in [3.8, 4) is 11.5 Å². The number of nitrogens with one attached hydrogen (secondary N) is 1. The van der Waals surface area contributed by atoms with E-state index in [1.54, 1.807) is 17.4 Å². The lowest BCUT2D eigenvalue weighted by Crippen LogP contribution is -2.19. The molecule has 6 heteroatoms. The number of fused-ring (bicyclic) bond motifs is 2. The quantitative estimate of drug-likeness (QED) is 0.741. The van der Waals surface area contributed by atoms with Crippen LogP contribution in [0.15, 0.2) is 48.5 Å². The Labute approximate surface area is 142 Å². The van der Waals surface area contributed by atoms with E-state index in [1.807, 2.05) is 42.5 Å². The van der Waals surface area contributed by atoms with Gasteiger partial charge in [-0.2, -0.15) is 0 Å². The van der Waals surface area contributed by atoms with Crippen LogP contribution in [0, 0.1) is 0 Å². The molecule has 1 amide bonds. The van der Waals surface area contributed by atoms with Gasteiger partial charge in [0.25, 0.3) is 0 Å². The zero-order chi connectivity index (χ0) is 16.4. The van der Waals surface area contributed by atoms with Gasteiger partial charge in [-0.3, -0.25) is 4.79 Å². The highest BCUT2D eigenvalue weighted by Gasteiger charge is 2.12. The van der Waals surface area contributed by atoms with Crippen LogP contribution in [0.25, 0.3) is 16.3 Å². The Morgan fingerprint density at radius 2 is 2.08 bits per heavy atom. The Morgan fingerprint density at radius 1 is 1.21 bits per heavy atom. The van der Waals surface area contributed by atoms with Crippen LogP contribution < -0.4 is 14.8 Å². The molecule has 120 valence electrons. The van der Waals surface area contributed by atoms with Crippen molar-refractivity contribution in [1.29, 1.82) is 0 Å². The number of aromatic nitrogens is 1. The number of thiazole rings is 1. The second-order valence-electron chi connectivity index (χ2n) is 5.24. The number of carbonyl (C=O) groups is 1. The molecular weight excluding hydrogens is 324 g/mol. The SMILES string of the molecule is O=C(/C=C/c1ccc2c(c1)OCO2)NCc1nc2ccccc2s1. The number of rotatable bonds is 4. The van der Waals surface area contributed by atoms with Crippen LogP contribution in [0.1, 0.15) is 10.6 Å². The highest BCUT2D eigenvalue weighted by atomic mass is 32.1. The average Bonchev–Trinajstić information content (AvgIpc) is 3.23. The molecule has 1 aliphatic rings. The molecule has 0 fully saturated rings. The van der Waals surface area contributed by atoms with Crippen LogP contribution >= 0.6 is 11.3 Å². The highest BCUT2D eigenvalue weighted by molar-refractivity contribution is 7.18.